The van der Waals surface area contributed by atoms with Crippen molar-refractivity contribution >= 4 is 32.9 Å². The van der Waals surface area contributed by atoms with Gasteiger partial charge in [0.25, 0.3) is 0 Å². The van der Waals surface area contributed by atoms with Crippen LogP contribution in [-0.4, -0.2) is 12.1 Å². The van der Waals surface area contributed by atoms with E-state index in [1.54, 1.807) is 7.11 Å². The van der Waals surface area contributed by atoms with Crippen molar-refractivity contribution in [3.63, 3.8) is 0 Å². The normalized spacial score (nSPS) is 10.6. The van der Waals surface area contributed by atoms with Crippen LogP contribution in [0.2, 0.25) is 0 Å². The fourth-order valence-corrected chi connectivity index (χ4v) is 2.71. The molecule has 0 bridgehead atoms. The lowest BCUT2D eigenvalue weighted by Gasteiger charge is -2.10. The summed E-state index contributed by atoms with van der Waals surface area (Å²) in [6.45, 7) is 3.83. The molecule has 1 aromatic heterocycles. The van der Waals surface area contributed by atoms with Crippen LogP contribution in [0.1, 0.15) is 5.56 Å². The zero-order chi connectivity index (χ0) is 14.8. The second kappa shape index (κ2) is 5.70. The second-order valence-electron chi connectivity index (χ2n) is 4.70. The van der Waals surface area contributed by atoms with Gasteiger partial charge in [-0.25, -0.2) is 4.98 Å². The van der Waals surface area contributed by atoms with E-state index in [0.29, 0.717) is 5.88 Å². The van der Waals surface area contributed by atoms with E-state index in [-0.39, 0.29) is 0 Å². The molecule has 0 aliphatic carbocycles. The summed E-state index contributed by atoms with van der Waals surface area (Å²) >= 11 is 3.53. The molecule has 0 radical (unpaired) electrons. The molecule has 1 heterocycles. The molecule has 3 heteroatoms. The van der Waals surface area contributed by atoms with Crippen LogP contribution in [0, 0.1) is 0 Å². The smallest absolute Gasteiger partial charge is 0.214 e. The van der Waals surface area contributed by atoms with Gasteiger partial charge >= 0.3 is 0 Å². The van der Waals surface area contributed by atoms with E-state index < -0.39 is 0 Å². The van der Waals surface area contributed by atoms with Crippen molar-refractivity contribution < 1.29 is 4.74 Å². The first-order chi connectivity index (χ1) is 10.2. The van der Waals surface area contributed by atoms with Crippen LogP contribution in [0.25, 0.3) is 28.1 Å². The predicted octanol–water partition coefficient (Wildman–Crippen LogP) is 5.32. The lowest BCUT2D eigenvalue weighted by Crippen LogP contribution is -1.91. The van der Waals surface area contributed by atoms with Crippen molar-refractivity contribution in [1.82, 2.24) is 4.98 Å². The number of methoxy groups -OCH3 is 1. The average molecular weight is 340 g/mol. The van der Waals surface area contributed by atoms with E-state index in [1.807, 2.05) is 36.4 Å². The SMILES string of the molecule is C=Cc1cccc(-c2cc(OC)nc3ccc(Br)cc23)c1. The molecule has 0 aliphatic heterocycles. The van der Waals surface area contributed by atoms with Crippen LogP contribution >= 0.6 is 15.9 Å². The summed E-state index contributed by atoms with van der Waals surface area (Å²) < 4.78 is 6.36. The number of rotatable bonds is 3. The van der Waals surface area contributed by atoms with Gasteiger partial charge in [0.05, 0.1) is 12.6 Å². The minimum Gasteiger partial charge on any atom is -0.481 e. The van der Waals surface area contributed by atoms with Gasteiger partial charge in [-0.2, -0.15) is 0 Å². The van der Waals surface area contributed by atoms with Crippen LogP contribution in [0.4, 0.5) is 0 Å². The Morgan fingerprint density at radius 1 is 1.14 bits per heavy atom. The molecular weight excluding hydrogens is 326 g/mol. The van der Waals surface area contributed by atoms with Gasteiger partial charge in [0, 0.05) is 15.9 Å². The van der Waals surface area contributed by atoms with Crippen LogP contribution in [0.15, 0.2) is 59.6 Å². The Bertz CT molecular complexity index is 827. The molecule has 0 aliphatic rings. The molecule has 0 fully saturated rings. The number of hydrogen-bond donors (Lipinski definition) is 0. The molecule has 104 valence electrons. The number of halogens is 1. The Morgan fingerprint density at radius 2 is 2.00 bits per heavy atom. The van der Waals surface area contributed by atoms with E-state index >= 15 is 0 Å². The van der Waals surface area contributed by atoms with Gasteiger partial charge in [0.1, 0.15) is 0 Å². The molecule has 0 unspecified atom stereocenters. The third-order valence-electron chi connectivity index (χ3n) is 3.39. The van der Waals surface area contributed by atoms with Crippen molar-refractivity contribution in [2.24, 2.45) is 0 Å². The highest BCUT2D eigenvalue weighted by atomic mass is 79.9. The largest absolute Gasteiger partial charge is 0.481 e. The maximum atomic E-state index is 5.33. The van der Waals surface area contributed by atoms with Crippen molar-refractivity contribution in [1.29, 1.82) is 0 Å². The number of fused-ring (bicyclic) bond motifs is 1. The van der Waals surface area contributed by atoms with Crippen molar-refractivity contribution in [2.45, 2.75) is 0 Å². The highest BCUT2D eigenvalue weighted by Crippen LogP contribution is 2.33. The summed E-state index contributed by atoms with van der Waals surface area (Å²) in [5.74, 6) is 0.615. The molecule has 3 rings (SSSR count). The Balaban J connectivity index is 2.33. The first kappa shape index (κ1) is 13.8. The van der Waals surface area contributed by atoms with E-state index in [1.165, 1.54) is 0 Å². The van der Waals surface area contributed by atoms with Crippen LogP contribution in [0.3, 0.4) is 0 Å². The standard InChI is InChI=1S/C18H14BrNO/c1-3-12-5-4-6-13(9-12)15-11-18(21-2)20-17-8-7-14(19)10-16(15)17/h3-11H,1H2,2H3. The summed E-state index contributed by atoms with van der Waals surface area (Å²) in [6, 6.07) is 16.3. The molecular formula is C18H14BrNO. The minimum atomic E-state index is 0.615. The molecule has 2 aromatic carbocycles. The van der Waals surface area contributed by atoms with Gasteiger partial charge in [-0.05, 0) is 41.0 Å². The fourth-order valence-electron chi connectivity index (χ4n) is 2.35. The number of benzene rings is 2. The Labute approximate surface area is 132 Å². The Morgan fingerprint density at radius 3 is 2.76 bits per heavy atom. The summed E-state index contributed by atoms with van der Waals surface area (Å²) in [6.07, 6.45) is 1.85. The average Bonchev–Trinajstić information content (AvgIpc) is 2.54. The van der Waals surface area contributed by atoms with Crippen molar-refractivity contribution in [3.8, 4) is 17.0 Å². The van der Waals surface area contributed by atoms with Gasteiger partial charge < -0.3 is 4.74 Å². The fraction of sp³-hybridized carbons (Fsp3) is 0.0556. The van der Waals surface area contributed by atoms with Crippen LogP contribution in [-0.2, 0) is 0 Å². The highest BCUT2D eigenvalue weighted by molar-refractivity contribution is 9.10. The summed E-state index contributed by atoms with van der Waals surface area (Å²) in [4.78, 5) is 4.50. The molecule has 0 spiro atoms. The molecule has 2 nitrogen and oxygen atoms in total. The molecule has 21 heavy (non-hydrogen) atoms. The van der Waals surface area contributed by atoms with Gasteiger partial charge in [-0.1, -0.05) is 46.8 Å². The number of aromatic nitrogens is 1. The number of nitrogens with zero attached hydrogens (tertiary/aromatic N) is 1. The Kier molecular flexibility index (Phi) is 3.76. The first-order valence-corrected chi connectivity index (χ1v) is 7.38. The number of ether oxygens (including phenoxy) is 1. The zero-order valence-electron chi connectivity index (χ0n) is 11.6. The minimum absolute atomic E-state index is 0.615. The summed E-state index contributed by atoms with van der Waals surface area (Å²) in [7, 11) is 1.64. The van der Waals surface area contributed by atoms with E-state index in [2.05, 4.69) is 45.7 Å². The third-order valence-corrected chi connectivity index (χ3v) is 3.88. The summed E-state index contributed by atoms with van der Waals surface area (Å²) in [5, 5.41) is 1.09. The first-order valence-electron chi connectivity index (χ1n) is 6.58. The summed E-state index contributed by atoms with van der Waals surface area (Å²) in [5.41, 5.74) is 4.22. The number of hydrogen-bond acceptors (Lipinski definition) is 2. The van der Waals surface area contributed by atoms with E-state index in [9.17, 15) is 0 Å². The van der Waals surface area contributed by atoms with Gasteiger partial charge in [0.2, 0.25) is 5.88 Å². The molecule has 0 saturated carbocycles. The maximum Gasteiger partial charge on any atom is 0.214 e. The molecule has 0 saturated heterocycles. The lowest BCUT2D eigenvalue weighted by atomic mass is 9.99. The van der Waals surface area contributed by atoms with Gasteiger partial charge in [-0.15, -0.1) is 0 Å². The Hall–Kier alpha value is -2.13. The van der Waals surface area contributed by atoms with Crippen LogP contribution < -0.4 is 4.74 Å². The lowest BCUT2D eigenvalue weighted by molar-refractivity contribution is 0.400. The molecule has 0 N–H and O–H groups in total. The van der Waals surface area contributed by atoms with Gasteiger partial charge in [0.15, 0.2) is 0 Å². The highest BCUT2D eigenvalue weighted by Gasteiger charge is 2.09. The topological polar surface area (TPSA) is 22.1 Å². The molecule has 0 atom stereocenters. The quantitative estimate of drug-likeness (QED) is 0.644. The van der Waals surface area contributed by atoms with Crippen molar-refractivity contribution in [2.75, 3.05) is 7.11 Å². The monoisotopic (exact) mass is 339 g/mol. The maximum absolute atomic E-state index is 5.33. The van der Waals surface area contributed by atoms with Crippen molar-refractivity contribution in [3.05, 3.63) is 65.1 Å². The predicted molar refractivity (Wildman–Crippen MR) is 91.5 cm³/mol. The van der Waals surface area contributed by atoms with E-state index in [0.717, 1.165) is 32.1 Å². The third kappa shape index (κ3) is 2.69. The van der Waals surface area contributed by atoms with Gasteiger partial charge in [-0.3, -0.25) is 0 Å². The number of pyridine rings is 1. The van der Waals surface area contributed by atoms with Crippen LogP contribution in [0.5, 0.6) is 5.88 Å². The van der Waals surface area contributed by atoms with E-state index in [4.69, 9.17) is 4.74 Å². The molecule has 3 aromatic rings. The second-order valence-corrected chi connectivity index (χ2v) is 5.62. The molecule has 0 amide bonds. The zero-order valence-corrected chi connectivity index (χ0v) is 13.2.